The second-order valence-electron chi connectivity index (χ2n) is 6.70. The van der Waals surface area contributed by atoms with Gasteiger partial charge >= 0.3 is 0 Å². The summed E-state index contributed by atoms with van der Waals surface area (Å²) in [4.78, 5) is 0.811. The second-order valence-corrected chi connectivity index (χ2v) is 8.80. The van der Waals surface area contributed by atoms with Gasteiger partial charge in [0.1, 0.15) is 17.3 Å². The lowest BCUT2D eigenvalue weighted by Crippen LogP contribution is -1.98. The number of halogens is 5. The maximum absolute atomic E-state index is 14.0. The third kappa shape index (κ3) is 6.36. The van der Waals surface area contributed by atoms with Crippen LogP contribution in [0.25, 0.3) is 5.69 Å². The summed E-state index contributed by atoms with van der Waals surface area (Å²) in [6.07, 6.45) is 2.90. The van der Waals surface area contributed by atoms with Crippen LogP contribution in [-0.2, 0) is 0 Å². The number of nitrogens with one attached hydrogen (secondary N) is 1. The van der Waals surface area contributed by atoms with Gasteiger partial charge in [0.05, 0.1) is 22.4 Å². The molecule has 0 atom stereocenters. The number of hydrogen-bond acceptors (Lipinski definition) is 4. The Balaban J connectivity index is 0.00000158. The van der Waals surface area contributed by atoms with Gasteiger partial charge in [-0.2, -0.15) is 5.10 Å². The highest BCUT2D eigenvalue weighted by Crippen LogP contribution is 2.37. The van der Waals surface area contributed by atoms with Gasteiger partial charge in [-0.25, -0.2) is 13.5 Å². The van der Waals surface area contributed by atoms with Crippen molar-refractivity contribution < 1.29 is 13.5 Å². The third-order valence-corrected chi connectivity index (χ3v) is 6.19. The second kappa shape index (κ2) is 11.8. The van der Waals surface area contributed by atoms with Crippen molar-refractivity contribution in [3.8, 4) is 17.2 Å². The van der Waals surface area contributed by atoms with Gasteiger partial charge in [0.25, 0.3) is 0 Å². The Morgan fingerprint density at radius 1 is 0.971 bits per heavy atom. The van der Waals surface area contributed by atoms with Gasteiger partial charge in [-0.05, 0) is 66.9 Å². The van der Waals surface area contributed by atoms with Gasteiger partial charge in [-0.15, -0.1) is 0 Å². The fourth-order valence-corrected chi connectivity index (χ4v) is 4.33. The smallest absolute Gasteiger partial charge is 0.165 e. The van der Waals surface area contributed by atoms with Gasteiger partial charge in [0.2, 0.25) is 0 Å². The first-order valence-electron chi connectivity index (χ1n) is 10.2. The van der Waals surface area contributed by atoms with E-state index in [1.807, 2.05) is 32.9 Å². The monoisotopic (exact) mass is 541 g/mol. The summed E-state index contributed by atoms with van der Waals surface area (Å²) in [6, 6.07) is 12.1. The summed E-state index contributed by atoms with van der Waals surface area (Å²) >= 11 is 19.9. The lowest BCUT2D eigenvalue weighted by Gasteiger charge is -2.13. The molecule has 0 bridgehead atoms. The zero-order chi connectivity index (χ0) is 24.8. The van der Waals surface area contributed by atoms with Crippen LogP contribution in [0.1, 0.15) is 19.4 Å². The molecule has 10 heteroatoms. The van der Waals surface area contributed by atoms with Crippen molar-refractivity contribution in [2.24, 2.45) is 0 Å². The van der Waals surface area contributed by atoms with Crippen LogP contribution in [0.2, 0.25) is 15.1 Å². The van der Waals surface area contributed by atoms with E-state index >= 15 is 0 Å². The molecule has 0 spiro atoms. The molecule has 4 nitrogen and oxygen atoms in total. The first kappa shape index (κ1) is 26.2. The lowest BCUT2D eigenvalue weighted by atomic mass is 10.2. The Kier molecular flexibility index (Phi) is 9.08. The number of nitrogens with zero attached hydrogens (tertiary/aromatic N) is 2. The summed E-state index contributed by atoms with van der Waals surface area (Å²) in [5, 5.41) is 5.54. The highest BCUT2D eigenvalue weighted by molar-refractivity contribution is 8.00. The number of hydrogen-bond donors (Lipinski definition) is 1. The Morgan fingerprint density at radius 3 is 2.41 bits per heavy atom. The third-order valence-electron chi connectivity index (χ3n) is 4.34. The van der Waals surface area contributed by atoms with Crippen LogP contribution in [0.15, 0.2) is 65.8 Å². The van der Waals surface area contributed by atoms with Crippen molar-refractivity contribution in [3.05, 3.63) is 93.2 Å². The van der Waals surface area contributed by atoms with Gasteiger partial charge < -0.3 is 9.46 Å². The van der Waals surface area contributed by atoms with E-state index in [0.717, 1.165) is 28.3 Å². The predicted octanol–water partition coefficient (Wildman–Crippen LogP) is 9.36. The molecule has 178 valence electrons. The maximum atomic E-state index is 14.0. The molecule has 0 fully saturated rings. The van der Waals surface area contributed by atoms with Gasteiger partial charge in [-0.1, -0.05) is 48.7 Å². The van der Waals surface area contributed by atoms with E-state index in [0.29, 0.717) is 26.6 Å². The van der Waals surface area contributed by atoms with Crippen molar-refractivity contribution in [2.75, 3.05) is 4.72 Å². The van der Waals surface area contributed by atoms with Crippen LogP contribution in [0.4, 0.5) is 14.5 Å². The van der Waals surface area contributed by atoms with Crippen LogP contribution < -0.4 is 9.46 Å². The molecule has 1 heterocycles. The minimum atomic E-state index is -0.734. The molecule has 0 aliphatic carbocycles. The normalized spacial score (nSPS) is 10.5. The summed E-state index contributed by atoms with van der Waals surface area (Å²) in [5.74, 6) is -0.613. The van der Waals surface area contributed by atoms with E-state index in [-0.39, 0.29) is 5.69 Å². The topological polar surface area (TPSA) is 39.1 Å². The molecule has 0 radical (unpaired) electrons. The Hall–Kier alpha value is -2.45. The van der Waals surface area contributed by atoms with Crippen LogP contribution in [0.3, 0.4) is 0 Å². The van der Waals surface area contributed by atoms with Crippen LogP contribution >= 0.6 is 46.8 Å². The quantitative estimate of drug-likeness (QED) is 0.246. The maximum Gasteiger partial charge on any atom is 0.165 e. The molecule has 0 saturated carbocycles. The molecule has 1 aromatic heterocycles. The average molecular weight is 543 g/mol. The molecule has 0 amide bonds. The van der Waals surface area contributed by atoms with E-state index in [4.69, 9.17) is 39.5 Å². The molecule has 0 aliphatic heterocycles. The van der Waals surface area contributed by atoms with Crippen LogP contribution in [0, 0.1) is 18.6 Å². The number of ether oxygens (including phenoxy) is 1. The summed E-state index contributed by atoms with van der Waals surface area (Å²) < 4.78 is 37.5. The van der Waals surface area contributed by atoms with Crippen LogP contribution in [0.5, 0.6) is 11.5 Å². The van der Waals surface area contributed by atoms with Crippen molar-refractivity contribution in [2.45, 2.75) is 25.7 Å². The fraction of sp³-hybridized carbons (Fsp3) is 0.125. The molecular formula is C24H20Cl3F2N3OS. The van der Waals surface area contributed by atoms with Crippen molar-refractivity contribution in [3.63, 3.8) is 0 Å². The number of rotatable bonds is 6. The van der Waals surface area contributed by atoms with Gasteiger partial charge in [0, 0.05) is 21.7 Å². The van der Waals surface area contributed by atoms with E-state index in [1.54, 1.807) is 18.2 Å². The van der Waals surface area contributed by atoms with Crippen molar-refractivity contribution in [1.29, 1.82) is 0 Å². The zero-order valence-corrected chi connectivity index (χ0v) is 21.5. The standard InChI is InChI=1S/C22H14Cl3F2N3OS.C2H6/c1-12-6-15(29-32-21-5-2-13(23)7-17(21)24)9-18(25)22(12)31-16-10-28-30(11-16)20-4-3-14(26)8-19(20)27;1-2/h2-11,29H,1H3;1-2H3. The highest BCUT2D eigenvalue weighted by Gasteiger charge is 2.13. The van der Waals surface area contributed by atoms with Crippen molar-refractivity contribution in [1.82, 2.24) is 9.78 Å². The molecular weight excluding hydrogens is 523 g/mol. The Morgan fingerprint density at radius 2 is 1.74 bits per heavy atom. The van der Waals surface area contributed by atoms with Gasteiger partial charge in [0.15, 0.2) is 11.6 Å². The zero-order valence-electron chi connectivity index (χ0n) is 18.4. The molecule has 3 aromatic carbocycles. The summed E-state index contributed by atoms with van der Waals surface area (Å²) in [7, 11) is 0. The minimum Gasteiger partial charge on any atom is -0.452 e. The summed E-state index contributed by atoms with van der Waals surface area (Å²) in [5.41, 5.74) is 1.62. The molecule has 0 saturated heterocycles. The Bertz CT molecular complexity index is 1280. The number of benzene rings is 3. The fourth-order valence-electron chi connectivity index (χ4n) is 2.87. The first-order chi connectivity index (χ1) is 16.3. The number of aromatic nitrogens is 2. The predicted molar refractivity (Wildman–Crippen MR) is 137 cm³/mol. The average Bonchev–Trinajstić information content (AvgIpc) is 3.25. The number of aryl methyl sites for hydroxylation is 1. The SMILES string of the molecule is CC.Cc1cc(NSc2ccc(Cl)cc2Cl)cc(Cl)c1Oc1cnn(-c2ccc(F)cc2F)c1. The molecule has 4 rings (SSSR count). The molecule has 0 aliphatic rings. The summed E-state index contributed by atoms with van der Waals surface area (Å²) in [6.45, 7) is 5.84. The molecule has 4 aromatic rings. The van der Waals surface area contributed by atoms with E-state index in [9.17, 15) is 8.78 Å². The molecule has 34 heavy (non-hydrogen) atoms. The van der Waals surface area contributed by atoms with E-state index in [2.05, 4.69) is 9.82 Å². The van der Waals surface area contributed by atoms with Crippen molar-refractivity contribution >= 4 is 52.4 Å². The molecule has 1 N–H and O–H groups in total. The van der Waals surface area contributed by atoms with E-state index < -0.39 is 11.6 Å². The lowest BCUT2D eigenvalue weighted by molar-refractivity contribution is 0.479. The molecule has 0 unspecified atom stereocenters. The van der Waals surface area contributed by atoms with Gasteiger partial charge in [-0.3, -0.25) is 0 Å². The van der Waals surface area contributed by atoms with E-state index in [1.165, 1.54) is 35.1 Å². The Labute approximate surface area is 215 Å². The van der Waals surface area contributed by atoms with Crippen LogP contribution in [-0.4, -0.2) is 9.78 Å². The largest absolute Gasteiger partial charge is 0.452 e. The first-order valence-corrected chi connectivity index (χ1v) is 12.1. The highest BCUT2D eigenvalue weighted by atomic mass is 35.5. The minimum absolute atomic E-state index is 0.0986. The number of anilines is 1.